The molecule has 1 N–H and O–H groups in total. The summed E-state index contributed by atoms with van der Waals surface area (Å²) in [5, 5.41) is 13.8. The number of anilines is 1. The van der Waals surface area contributed by atoms with Crippen molar-refractivity contribution in [1.82, 2.24) is 0 Å². The third-order valence-electron chi connectivity index (χ3n) is 3.12. The fourth-order valence-corrected chi connectivity index (χ4v) is 3.64. The number of nitro benzene ring substituents is 1. The summed E-state index contributed by atoms with van der Waals surface area (Å²) >= 11 is 6.77. The summed E-state index contributed by atoms with van der Waals surface area (Å²) in [6.07, 6.45) is 0. The summed E-state index contributed by atoms with van der Waals surface area (Å²) < 4.78 is 6.76. The van der Waals surface area contributed by atoms with E-state index < -0.39 is 10.8 Å². The van der Waals surface area contributed by atoms with E-state index in [2.05, 4.69) is 37.2 Å². The number of ether oxygens (including phenoxy) is 1. The van der Waals surface area contributed by atoms with E-state index in [4.69, 9.17) is 4.74 Å². The lowest BCUT2D eigenvalue weighted by Gasteiger charge is -2.12. The topological polar surface area (TPSA) is 81.5 Å². The number of aryl methyl sites for hydroxylation is 2. The molecule has 0 fully saturated rings. The number of carbonyl (C=O) groups is 1. The van der Waals surface area contributed by atoms with Gasteiger partial charge in [-0.25, -0.2) is 0 Å². The van der Waals surface area contributed by atoms with Crippen LogP contribution in [-0.2, 0) is 4.79 Å². The van der Waals surface area contributed by atoms with Crippen LogP contribution in [0.2, 0.25) is 0 Å². The molecule has 2 aromatic rings. The number of carbonyl (C=O) groups excluding carboxylic acids is 1. The summed E-state index contributed by atoms with van der Waals surface area (Å²) in [5.74, 6) is -0.363. The lowest BCUT2D eigenvalue weighted by molar-refractivity contribution is -0.385. The van der Waals surface area contributed by atoms with Crippen molar-refractivity contribution in [3.8, 4) is 5.75 Å². The second-order valence-corrected chi connectivity index (χ2v) is 6.88. The van der Waals surface area contributed by atoms with Crippen LogP contribution in [0.5, 0.6) is 5.75 Å². The summed E-state index contributed by atoms with van der Waals surface area (Å²) in [5.41, 5.74) is 2.18. The Bertz CT molecular complexity index is 786. The van der Waals surface area contributed by atoms with Crippen molar-refractivity contribution in [3.05, 3.63) is 60.5 Å². The third-order valence-corrected chi connectivity index (χ3v) is 4.37. The number of hydrogen-bond acceptors (Lipinski definition) is 4. The van der Waals surface area contributed by atoms with Gasteiger partial charge in [-0.2, -0.15) is 0 Å². The number of hydrogen-bond donors (Lipinski definition) is 1. The Balaban J connectivity index is 2.09. The third kappa shape index (κ3) is 4.55. The van der Waals surface area contributed by atoms with Gasteiger partial charge >= 0.3 is 5.69 Å². The van der Waals surface area contributed by atoms with Gasteiger partial charge in [0.25, 0.3) is 5.91 Å². The zero-order chi connectivity index (χ0) is 17.9. The van der Waals surface area contributed by atoms with Crippen molar-refractivity contribution in [2.45, 2.75) is 13.8 Å². The molecule has 0 heterocycles. The van der Waals surface area contributed by atoms with E-state index in [9.17, 15) is 14.9 Å². The largest absolute Gasteiger partial charge is 0.477 e. The molecule has 1 amide bonds. The summed E-state index contributed by atoms with van der Waals surface area (Å²) in [4.78, 5) is 22.6. The maximum absolute atomic E-state index is 12.1. The molecular formula is C16H14Br2N2O4. The average molecular weight is 458 g/mol. The van der Waals surface area contributed by atoms with Gasteiger partial charge in [0.05, 0.1) is 10.6 Å². The highest BCUT2D eigenvalue weighted by atomic mass is 79.9. The van der Waals surface area contributed by atoms with Crippen LogP contribution in [0.1, 0.15) is 11.1 Å². The summed E-state index contributed by atoms with van der Waals surface area (Å²) in [7, 11) is 0. The molecule has 0 unspecified atom stereocenters. The lowest BCUT2D eigenvalue weighted by Crippen LogP contribution is -2.21. The van der Waals surface area contributed by atoms with Crippen LogP contribution < -0.4 is 10.1 Å². The minimum atomic E-state index is -0.534. The number of halogens is 2. The molecule has 0 bridgehead atoms. The van der Waals surface area contributed by atoms with Crippen molar-refractivity contribution in [1.29, 1.82) is 0 Å². The van der Waals surface area contributed by atoms with Gasteiger partial charge in [0.2, 0.25) is 0 Å². The van der Waals surface area contributed by atoms with Crippen molar-refractivity contribution in [2.24, 2.45) is 0 Å². The van der Waals surface area contributed by atoms with Gasteiger partial charge in [-0.05, 0) is 75.0 Å². The first-order valence-electron chi connectivity index (χ1n) is 6.91. The number of nitrogens with zero attached hydrogens (tertiary/aromatic N) is 1. The molecule has 0 radical (unpaired) electrons. The van der Waals surface area contributed by atoms with E-state index in [1.165, 1.54) is 12.1 Å². The van der Waals surface area contributed by atoms with Crippen LogP contribution in [0.15, 0.2) is 39.3 Å². The Labute approximate surface area is 155 Å². The van der Waals surface area contributed by atoms with Crippen LogP contribution in [0.4, 0.5) is 11.4 Å². The van der Waals surface area contributed by atoms with E-state index >= 15 is 0 Å². The molecule has 126 valence electrons. The summed E-state index contributed by atoms with van der Waals surface area (Å²) in [6.45, 7) is 3.34. The van der Waals surface area contributed by atoms with Crippen LogP contribution in [0.25, 0.3) is 0 Å². The highest BCUT2D eigenvalue weighted by Crippen LogP contribution is 2.32. The van der Waals surface area contributed by atoms with E-state index in [1.807, 2.05) is 19.1 Å². The molecule has 0 saturated heterocycles. The second-order valence-electron chi connectivity index (χ2n) is 5.17. The minimum Gasteiger partial charge on any atom is -0.477 e. The van der Waals surface area contributed by atoms with Crippen LogP contribution in [-0.4, -0.2) is 17.4 Å². The smallest absolute Gasteiger partial charge is 0.311 e. The van der Waals surface area contributed by atoms with Crippen LogP contribution in [0.3, 0.4) is 0 Å². The van der Waals surface area contributed by atoms with Crippen LogP contribution in [0, 0.1) is 24.0 Å². The number of rotatable bonds is 5. The molecule has 0 aliphatic heterocycles. The Hall–Kier alpha value is -1.93. The quantitative estimate of drug-likeness (QED) is 0.518. The van der Waals surface area contributed by atoms with Gasteiger partial charge in [-0.3, -0.25) is 14.9 Å². The monoisotopic (exact) mass is 456 g/mol. The van der Waals surface area contributed by atoms with Crippen molar-refractivity contribution in [2.75, 3.05) is 11.9 Å². The Morgan fingerprint density at radius 1 is 1.17 bits per heavy atom. The number of nitro groups is 1. The van der Waals surface area contributed by atoms with Gasteiger partial charge in [-0.15, -0.1) is 0 Å². The predicted molar refractivity (Wildman–Crippen MR) is 98.5 cm³/mol. The molecule has 0 saturated carbocycles. The zero-order valence-electron chi connectivity index (χ0n) is 12.9. The van der Waals surface area contributed by atoms with E-state index in [-0.39, 0.29) is 18.0 Å². The molecule has 0 aromatic heterocycles. The zero-order valence-corrected chi connectivity index (χ0v) is 16.1. The normalized spacial score (nSPS) is 10.3. The molecule has 0 aliphatic rings. The predicted octanol–water partition coefficient (Wildman–Crippen LogP) is 4.75. The fourth-order valence-electron chi connectivity index (χ4n) is 2.03. The molecule has 0 spiro atoms. The summed E-state index contributed by atoms with van der Waals surface area (Å²) in [6, 6.07) is 8.31. The standard InChI is InChI=1S/C16H14Br2N2O4/c1-9-3-4-14(13(7-9)20(22)23)24-8-15(21)19-16-11(17)5-10(2)6-12(16)18/h3-7H,8H2,1-2H3,(H,19,21). The molecule has 0 atom stereocenters. The number of amides is 1. The molecule has 2 aromatic carbocycles. The first-order valence-corrected chi connectivity index (χ1v) is 8.50. The molecule has 6 nitrogen and oxygen atoms in total. The Kier molecular flexibility index (Phi) is 5.95. The van der Waals surface area contributed by atoms with E-state index in [0.717, 1.165) is 20.1 Å². The van der Waals surface area contributed by atoms with Gasteiger partial charge in [0.1, 0.15) is 0 Å². The van der Waals surface area contributed by atoms with Crippen molar-refractivity contribution in [3.63, 3.8) is 0 Å². The molecule has 24 heavy (non-hydrogen) atoms. The maximum Gasteiger partial charge on any atom is 0.311 e. The van der Waals surface area contributed by atoms with Crippen molar-refractivity contribution >= 4 is 49.1 Å². The Morgan fingerprint density at radius 2 is 1.79 bits per heavy atom. The maximum atomic E-state index is 12.1. The minimum absolute atomic E-state index is 0.0581. The molecule has 2 rings (SSSR count). The molecular weight excluding hydrogens is 444 g/mol. The lowest BCUT2D eigenvalue weighted by atomic mass is 10.2. The average Bonchev–Trinajstić information content (AvgIpc) is 2.49. The molecule has 0 aliphatic carbocycles. The first kappa shape index (κ1) is 18.4. The van der Waals surface area contributed by atoms with Crippen LogP contribution >= 0.6 is 31.9 Å². The van der Waals surface area contributed by atoms with E-state index in [0.29, 0.717) is 5.69 Å². The number of nitrogens with one attached hydrogen (secondary N) is 1. The first-order chi connectivity index (χ1) is 11.3. The Morgan fingerprint density at radius 3 is 2.38 bits per heavy atom. The van der Waals surface area contributed by atoms with Crippen molar-refractivity contribution < 1.29 is 14.5 Å². The fraction of sp³-hybridized carbons (Fsp3) is 0.188. The SMILES string of the molecule is Cc1cc(Br)c(NC(=O)COc2ccc(C)cc2[N+](=O)[O-])c(Br)c1. The second kappa shape index (κ2) is 7.76. The van der Waals surface area contributed by atoms with Gasteiger partial charge in [0.15, 0.2) is 12.4 Å². The highest BCUT2D eigenvalue weighted by molar-refractivity contribution is 9.11. The highest BCUT2D eigenvalue weighted by Gasteiger charge is 2.17. The number of benzene rings is 2. The van der Waals surface area contributed by atoms with E-state index in [1.54, 1.807) is 13.0 Å². The van der Waals surface area contributed by atoms with Gasteiger partial charge in [-0.1, -0.05) is 6.07 Å². The van der Waals surface area contributed by atoms with Gasteiger partial charge < -0.3 is 10.1 Å². The molecule has 8 heteroatoms. The van der Waals surface area contributed by atoms with Gasteiger partial charge in [0, 0.05) is 15.0 Å².